The second kappa shape index (κ2) is 7.72. The van der Waals surface area contributed by atoms with E-state index in [9.17, 15) is 14.0 Å². The number of ketones is 2. The van der Waals surface area contributed by atoms with Crippen molar-refractivity contribution in [2.75, 3.05) is 20.1 Å². The Bertz CT molecular complexity index is 838. The molecule has 2 aromatic rings. The Morgan fingerprint density at radius 3 is 2.69 bits per heavy atom. The van der Waals surface area contributed by atoms with Gasteiger partial charge in [0.15, 0.2) is 11.6 Å². The number of hydrogen-bond donors (Lipinski definition) is 1. The van der Waals surface area contributed by atoms with Crippen molar-refractivity contribution in [2.45, 2.75) is 26.2 Å². The third-order valence-corrected chi connectivity index (χ3v) is 5.56. The van der Waals surface area contributed by atoms with Crippen LogP contribution >= 0.6 is 11.6 Å². The number of nitrogens with zero attached hydrogens (tertiary/aromatic N) is 1. The summed E-state index contributed by atoms with van der Waals surface area (Å²) < 4.78 is 14.1. The Morgan fingerprint density at radius 1 is 1.31 bits per heavy atom. The Balaban J connectivity index is 1.74. The summed E-state index contributed by atoms with van der Waals surface area (Å²) in [4.78, 5) is 30.3. The summed E-state index contributed by atoms with van der Waals surface area (Å²) in [6, 6.07) is 4.26. The van der Waals surface area contributed by atoms with Gasteiger partial charge in [-0.2, -0.15) is 0 Å². The highest BCUT2D eigenvalue weighted by Gasteiger charge is 2.24. The van der Waals surface area contributed by atoms with Gasteiger partial charge in [0.25, 0.3) is 0 Å². The second-order valence-corrected chi connectivity index (χ2v) is 7.44. The first-order chi connectivity index (χ1) is 12.4. The molecule has 1 aromatic heterocycles. The molecule has 1 aliphatic rings. The molecule has 1 aromatic carbocycles. The fraction of sp³-hybridized carbons (Fsp3) is 0.400. The zero-order valence-electron chi connectivity index (χ0n) is 14.9. The predicted octanol–water partition coefficient (Wildman–Crippen LogP) is 4.26. The van der Waals surface area contributed by atoms with Crippen molar-refractivity contribution in [3.63, 3.8) is 0 Å². The second-order valence-electron chi connectivity index (χ2n) is 7.06. The average Bonchev–Trinajstić information content (AvgIpc) is 3.11. The number of piperidine rings is 1. The van der Waals surface area contributed by atoms with Crippen LogP contribution in [-0.2, 0) is 0 Å². The Hall–Kier alpha value is -1.98. The standard InChI is InChI=1S/C20H22ClFN2O2/c1-12-3-4-15(22)18(19(12)21)20(26)14-10-16(23-11-14)17(25)9-13-5-7-24(2)8-6-13/h3-4,10-11,13,23H,5-9H2,1-2H3. The summed E-state index contributed by atoms with van der Waals surface area (Å²) in [6.07, 6.45) is 3.90. The van der Waals surface area contributed by atoms with Crippen LogP contribution in [0.3, 0.4) is 0 Å². The van der Waals surface area contributed by atoms with Crippen LogP contribution in [0.5, 0.6) is 0 Å². The Kier molecular flexibility index (Phi) is 5.58. The van der Waals surface area contributed by atoms with Crippen LogP contribution in [0.2, 0.25) is 5.02 Å². The topological polar surface area (TPSA) is 53.2 Å². The number of hydrogen-bond acceptors (Lipinski definition) is 3. The minimum Gasteiger partial charge on any atom is -0.358 e. The molecular weight excluding hydrogens is 355 g/mol. The van der Waals surface area contributed by atoms with Crippen LogP contribution < -0.4 is 0 Å². The quantitative estimate of drug-likeness (QED) is 0.793. The van der Waals surface area contributed by atoms with E-state index in [2.05, 4.69) is 16.9 Å². The van der Waals surface area contributed by atoms with Crippen molar-refractivity contribution in [3.8, 4) is 0 Å². The third-order valence-electron chi connectivity index (χ3n) is 5.07. The number of likely N-dealkylation sites (tertiary alicyclic amines) is 1. The van der Waals surface area contributed by atoms with E-state index >= 15 is 0 Å². The van der Waals surface area contributed by atoms with Crippen LogP contribution in [0.4, 0.5) is 4.39 Å². The van der Waals surface area contributed by atoms with Crippen molar-refractivity contribution < 1.29 is 14.0 Å². The number of rotatable bonds is 5. The lowest BCUT2D eigenvalue weighted by Crippen LogP contribution is -2.31. The molecule has 0 spiro atoms. The average molecular weight is 377 g/mol. The highest BCUT2D eigenvalue weighted by molar-refractivity contribution is 6.35. The van der Waals surface area contributed by atoms with Crippen LogP contribution in [0.1, 0.15) is 51.2 Å². The van der Waals surface area contributed by atoms with Crippen LogP contribution in [0.15, 0.2) is 24.4 Å². The van der Waals surface area contributed by atoms with Crippen molar-refractivity contribution >= 4 is 23.2 Å². The first-order valence-corrected chi connectivity index (χ1v) is 9.14. The summed E-state index contributed by atoms with van der Waals surface area (Å²) in [6.45, 7) is 3.71. The zero-order chi connectivity index (χ0) is 18.8. The minimum atomic E-state index is -0.661. The number of aromatic amines is 1. The maximum Gasteiger partial charge on any atom is 0.199 e. The molecule has 0 unspecified atom stereocenters. The molecule has 0 saturated carbocycles. The molecule has 0 bridgehead atoms. The number of aromatic nitrogens is 1. The van der Waals surface area contributed by atoms with Crippen LogP contribution in [0, 0.1) is 18.7 Å². The van der Waals surface area contributed by atoms with E-state index in [1.807, 2.05) is 0 Å². The van der Waals surface area contributed by atoms with E-state index in [1.165, 1.54) is 24.4 Å². The van der Waals surface area contributed by atoms with Gasteiger partial charge in [0.1, 0.15) is 5.82 Å². The number of carbonyl (C=O) groups is 2. The first kappa shape index (κ1) is 18.8. The molecule has 1 N–H and O–H groups in total. The minimum absolute atomic E-state index is 0.0191. The lowest BCUT2D eigenvalue weighted by molar-refractivity contribution is 0.0931. The van der Waals surface area contributed by atoms with E-state index in [4.69, 9.17) is 11.6 Å². The molecule has 138 valence electrons. The fourth-order valence-electron chi connectivity index (χ4n) is 3.33. The molecule has 2 heterocycles. The highest BCUT2D eigenvalue weighted by Crippen LogP contribution is 2.27. The van der Waals surface area contributed by atoms with Crippen LogP contribution in [0.25, 0.3) is 0 Å². The number of Topliss-reactive ketones (excluding diaryl/α,β-unsaturated/α-hetero) is 1. The lowest BCUT2D eigenvalue weighted by atomic mass is 9.91. The van der Waals surface area contributed by atoms with Gasteiger partial charge in [-0.15, -0.1) is 0 Å². The largest absolute Gasteiger partial charge is 0.358 e. The van der Waals surface area contributed by atoms with Gasteiger partial charge in [0.2, 0.25) is 0 Å². The van der Waals surface area contributed by atoms with Crippen molar-refractivity contribution in [1.29, 1.82) is 0 Å². The van der Waals surface area contributed by atoms with Gasteiger partial charge in [-0.3, -0.25) is 9.59 Å². The van der Waals surface area contributed by atoms with Gasteiger partial charge >= 0.3 is 0 Å². The molecule has 0 radical (unpaired) electrons. The number of nitrogens with one attached hydrogen (secondary N) is 1. The molecule has 0 atom stereocenters. The molecular formula is C20H22ClFN2O2. The first-order valence-electron chi connectivity index (χ1n) is 8.76. The van der Waals surface area contributed by atoms with E-state index in [1.54, 1.807) is 6.92 Å². The summed E-state index contributed by atoms with van der Waals surface area (Å²) in [5.74, 6) is -0.837. The maximum absolute atomic E-state index is 14.1. The van der Waals surface area contributed by atoms with Crippen molar-refractivity contribution in [3.05, 3.63) is 57.6 Å². The normalized spacial score (nSPS) is 16.0. The number of carbonyl (C=O) groups excluding carboxylic acids is 2. The summed E-state index contributed by atoms with van der Waals surface area (Å²) in [5.41, 5.74) is 1.10. The Morgan fingerprint density at radius 2 is 2.00 bits per heavy atom. The van der Waals surface area contributed by atoms with Gasteiger partial charge in [-0.1, -0.05) is 17.7 Å². The van der Waals surface area contributed by atoms with Crippen LogP contribution in [-0.4, -0.2) is 41.6 Å². The maximum atomic E-state index is 14.1. The SMILES string of the molecule is Cc1ccc(F)c(C(=O)c2c[nH]c(C(=O)CC3CCN(C)CC3)c2)c1Cl. The smallest absolute Gasteiger partial charge is 0.199 e. The van der Waals surface area contributed by atoms with Gasteiger partial charge < -0.3 is 9.88 Å². The van der Waals surface area contributed by atoms with Gasteiger partial charge in [-0.05, 0) is 63.5 Å². The third kappa shape index (κ3) is 3.89. The monoisotopic (exact) mass is 376 g/mol. The molecule has 3 rings (SSSR count). The number of H-pyrrole nitrogens is 1. The molecule has 26 heavy (non-hydrogen) atoms. The molecule has 0 amide bonds. The molecule has 4 nitrogen and oxygen atoms in total. The summed E-state index contributed by atoms with van der Waals surface area (Å²) in [7, 11) is 2.08. The molecule has 1 fully saturated rings. The van der Waals surface area contributed by atoms with E-state index in [0.717, 1.165) is 25.9 Å². The van der Waals surface area contributed by atoms with E-state index in [-0.39, 0.29) is 21.9 Å². The summed E-state index contributed by atoms with van der Waals surface area (Å²) in [5, 5.41) is 0.107. The van der Waals surface area contributed by atoms with Gasteiger partial charge in [0, 0.05) is 18.2 Å². The molecule has 6 heteroatoms. The molecule has 0 aliphatic carbocycles. The van der Waals surface area contributed by atoms with E-state index < -0.39 is 11.6 Å². The number of halogens is 2. The lowest BCUT2D eigenvalue weighted by Gasteiger charge is -2.28. The van der Waals surface area contributed by atoms with Crippen molar-refractivity contribution in [1.82, 2.24) is 9.88 Å². The van der Waals surface area contributed by atoms with Gasteiger partial charge in [-0.25, -0.2) is 4.39 Å². The highest BCUT2D eigenvalue weighted by atomic mass is 35.5. The predicted molar refractivity (Wildman–Crippen MR) is 99.5 cm³/mol. The number of aryl methyl sites for hydroxylation is 1. The fourth-order valence-corrected chi connectivity index (χ4v) is 3.57. The zero-order valence-corrected chi connectivity index (χ0v) is 15.7. The van der Waals surface area contributed by atoms with E-state index in [0.29, 0.717) is 23.6 Å². The Labute approximate surface area is 157 Å². The summed E-state index contributed by atoms with van der Waals surface area (Å²) >= 11 is 6.11. The molecule has 1 aliphatic heterocycles. The molecule has 1 saturated heterocycles. The number of benzene rings is 1. The van der Waals surface area contributed by atoms with Crippen molar-refractivity contribution in [2.24, 2.45) is 5.92 Å². The van der Waals surface area contributed by atoms with Gasteiger partial charge in [0.05, 0.1) is 16.3 Å².